The molecule has 0 aliphatic heterocycles. The van der Waals surface area contributed by atoms with Crippen molar-refractivity contribution < 1.29 is 13.2 Å². The molecular formula is C10H15N3O3S. The molecule has 1 rings (SSSR count). The lowest BCUT2D eigenvalue weighted by Gasteiger charge is -2.09. The van der Waals surface area contributed by atoms with Crippen LogP contribution in [0.15, 0.2) is 18.2 Å². The van der Waals surface area contributed by atoms with Crippen LogP contribution in [0.3, 0.4) is 0 Å². The molecule has 0 aromatic heterocycles. The van der Waals surface area contributed by atoms with Gasteiger partial charge in [0.15, 0.2) is 0 Å². The van der Waals surface area contributed by atoms with Crippen LogP contribution in [-0.4, -0.2) is 20.9 Å². The molecule has 17 heavy (non-hydrogen) atoms. The van der Waals surface area contributed by atoms with E-state index in [1.165, 1.54) is 6.07 Å². The quantitative estimate of drug-likeness (QED) is 0.725. The fourth-order valence-corrected chi connectivity index (χ4v) is 1.82. The fourth-order valence-electron chi connectivity index (χ4n) is 1.29. The summed E-state index contributed by atoms with van der Waals surface area (Å²) in [6.07, 6.45) is 0. The number of amides is 1. The molecule has 0 spiro atoms. The molecule has 6 nitrogen and oxygen atoms in total. The van der Waals surface area contributed by atoms with Gasteiger partial charge in [0.2, 0.25) is 0 Å². The summed E-state index contributed by atoms with van der Waals surface area (Å²) in [6.45, 7) is 4.02. The van der Waals surface area contributed by atoms with Crippen molar-refractivity contribution in [3.05, 3.63) is 29.3 Å². The second-order valence-corrected chi connectivity index (χ2v) is 4.83. The highest BCUT2D eigenvalue weighted by molar-refractivity contribution is 7.90. The average molecular weight is 257 g/mol. The van der Waals surface area contributed by atoms with Crippen molar-refractivity contribution in [1.82, 2.24) is 5.32 Å². The van der Waals surface area contributed by atoms with E-state index in [2.05, 4.69) is 10.0 Å². The molecule has 0 unspecified atom stereocenters. The number of anilines is 1. The number of aryl methyl sites for hydroxylation is 1. The Morgan fingerprint density at radius 2 is 2.06 bits per heavy atom. The number of nitrogens with one attached hydrogen (secondary N) is 2. The van der Waals surface area contributed by atoms with Crippen LogP contribution in [0, 0.1) is 6.92 Å². The summed E-state index contributed by atoms with van der Waals surface area (Å²) in [7, 11) is -3.84. The molecule has 0 bridgehead atoms. The summed E-state index contributed by atoms with van der Waals surface area (Å²) in [4.78, 5) is 11.6. The monoisotopic (exact) mass is 257 g/mol. The van der Waals surface area contributed by atoms with Gasteiger partial charge in [0, 0.05) is 12.1 Å². The van der Waals surface area contributed by atoms with Gasteiger partial charge in [-0.15, -0.1) is 0 Å². The number of carbonyl (C=O) groups excluding carboxylic acids is 1. The van der Waals surface area contributed by atoms with Crippen molar-refractivity contribution in [2.45, 2.75) is 13.8 Å². The van der Waals surface area contributed by atoms with Gasteiger partial charge in [-0.05, 0) is 31.5 Å². The maximum absolute atomic E-state index is 11.6. The maximum atomic E-state index is 11.6. The molecule has 0 saturated heterocycles. The molecule has 0 aliphatic rings. The molecule has 1 aromatic carbocycles. The molecule has 0 atom stereocenters. The lowest BCUT2D eigenvalue weighted by atomic mass is 10.1. The fraction of sp³-hybridized carbons (Fsp3) is 0.300. The molecule has 4 N–H and O–H groups in total. The van der Waals surface area contributed by atoms with Crippen molar-refractivity contribution in [2.75, 3.05) is 11.3 Å². The Bertz CT molecular complexity index is 526. The second-order valence-electron chi connectivity index (χ2n) is 3.54. The van der Waals surface area contributed by atoms with Crippen molar-refractivity contribution in [2.24, 2.45) is 5.14 Å². The third-order valence-electron chi connectivity index (χ3n) is 2.09. The Morgan fingerprint density at radius 3 is 2.59 bits per heavy atom. The van der Waals surface area contributed by atoms with Gasteiger partial charge in [-0.2, -0.15) is 8.42 Å². The Hall–Kier alpha value is -1.60. The molecule has 1 amide bonds. The first-order valence-electron chi connectivity index (χ1n) is 5.03. The third kappa shape index (κ3) is 4.04. The highest BCUT2D eigenvalue weighted by atomic mass is 32.2. The Labute approximate surface area is 100 Å². The smallest absolute Gasteiger partial charge is 0.296 e. The minimum absolute atomic E-state index is 0.259. The predicted molar refractivity (Wildman–Crippen MR) is 65.9 cm³/mol. The zero-order valence-corrected chi connectivity index (χ0v) is 10.5. The van der Waals surface area contributed by atoms with E-state index in [0.717, 1.165) is 0 Å². The van der Waals surface area contributed by atoms with Crippen LogP contribution in [0.25, 0.3) is 0 Å². The van der Waals surface area contributed by atoms with Gasteiger partial charge >= 0.3 is 0 Å². The summed E-state index contributed by atoms with van der Waals surface area (Å²) in [5.74, 6) is -0.259. The minimum atomic E-state index is -3.84. The first kappa shape index (κ1) is 13.5. The molecule has 0 saturated carbocycles. The van der Waals surface area contributed by atoms with Crippen LogP contribution in [0.1, 0.15) is 22.8 Å². The lowest BCUT2D eigenvalue weighted by molar-refractivity contribution is 0.0956. The normalized spacial score (nSPS) is 11.0. The van der Waals surface area contributed by atoms with Gasteiger partial charge in [-0.3, -0.25) is 9.52 Å². The molecule has 0 heterocycles. The van der Waals surface area contributed by atoms with Gasteiger partial charge in [0.1, 0.15) is 0 Å². The standard InChI is InChI=1S/C10H15N3O3S/c1-3-12-10(14)8-5-4-7(2)9(6-8)13-17(11,15)16/h4-6,13H,3H2,1-2H3,(H,12,14)(H2,11,15,16). The SMILES string of the molecule is CCNC(=O)c1ccc(C)c(NS(N)(=O)=O)c1. The van der Waals surface area contributed by atoms with Gasteiger partial charge in [-0.25, -0.2) is 5.14 Å². The van der Waals surface area contributed by atoms with Crippen LogP contribution in [-0.2, 0) is 10.2 Å². The molecule has 0 aliphatic carbocycles. The van der Waals surface area contributed by atoms with Gasteiger partial charge in [0.05, 0.1) is 5.69 Å². The van der Waals surface area contributed by atoms with Crippen LogP contribution in [0.2, 0.25) is 0 Å². The lowest BCUT2D eigenvalue weighted by Crippen LogP contribution is -2.24. The Balaban J connectivity index is 3.06. The zero-order valence-electron chi connectivity index (χ0n) is 9.65. The van der Waals surface area contributed by atoms with E-state index in [4.69, 9.17) is 5.14 Å². The average Bonchev–Trinajstić information content (AvgIpc) is 2.19. The highest BCUT2D eigenvalue weighted by Crippen LogP contribution is 2.17. The van der Waals surface area contributed by atoms with E-state index in [0.29, 0.717) is 23.4 Å². The Kier molecular flexibility index (Phi) is 4.08. The van der Waals surface area contributed by atoms with Gasteiger partial charge in [0.25, 0.3) is 16.1 Å². The largest absolute Gasteiger partial charge is 0.352 e. The minimum Gasteiger partial charge on any atom is -0.352 e. The van der Waals surface area contributed by atoms with Crippen LogP contribution in [0.5, 0.6) is 0 Å². The van der Waals surface area contributed by atoms with E-state index in [-0.39, 0.29) is 5.91 Å². The summed E-state index contributed by atoms with van der Waals surface area (Å²) >= 11 is 0. The third-order valence-corrected chi connectivity index (χ3v) is 2.59. The molecule has 7 heteroatoms. The van der Waals surface area contributed by atoms with Crippen LogP contribution in [0.4, 0.5) is 5.69 Å². The molecule has 0 fully saturated rings. The first-order valence-corrected chi connectivity index (χ1v) is 6.57. The number of benzene rings is 1. The van der Waals surface area contributed by atoms with Gasteiger partial charge in [-0.1, -0.05) is 6.07 Å². The van der Waals surface area contributed by atoms with Crippen LogP contribution >= 0.6 is 0 Å². The number of hydrogen-bond acceptors (Lipinski definition) is 3. The number of rotatable bonds is 4. The Morgan fingerprint density at radius 1 is 1.41 bits per heavy atom. The summed E-state index contributed by atoms with van der Waals surface area (Å²) in [5.41, 5.74) is 1.37. The molecule has 1 aromatic rings. The molecule has 94 valence electrons. The summed E-state index contributed by atoms with van der Waals surface area (Å²) in [6, 6.07) is 4.72. The number of nitrogens with two attached hydrogens (primary N) is 1. The van der Waals surface area contributed by atoms with E-state index in [1.807, 2.05) is 0 Å². The van der Waals surface area contributed by atoms with E-state index in [1.54, 1.807) is 26.0 Å². The predicted octanol–water partition coefficient (Wildman–Crippen LogP) is 0.360. The summed E-state index contributed by atoms with van der Waals surface area (Å²) in [5, 5.41) is 7.51. The number of hydrogen-bond donors (Lipinski definition) is 3. The zero-order chi connectivity index (χ0) is 13.1. The topological polar surface area (TPSA) is 101 Å². The van der Waals surface area contributed by atoms with E-state index in [9.17, 15) is 13.2 Å². The highest BCUT2D eigenvalue weighted by Gasteiger charge is 2.10. The van der Waals surface area contributed by atoms with E-state index >= 15 is 0 Å². The van der Waals surface area contributed by atoms with Gasteiger partial charge < -0.3 is 5.32 Å². The van der Waals surface area contributed by atoms with Crippen molar-refractivity contribution >= 4 is 21.8 Å². The van der Waals surface area contributed by atoms with Crippen molar-refractivity contribution in [3.8, 4) is 0 Å². The van der Waals surface area contributed by atoms with Crippen molar-refractivity contribution in [1.29, 1.82) is 0 Å². The molecule has 0 radical (unpaired) electrons. The first-order chi connectivity index (χ1) is 7.83. The second kappa shape index (κ2) is 5.15. The number of carbonyl (C=O) groups is 1. The maximum Gasteiger partial charge on any atom is 0.296 e. The summed E-state index contributed by atoms with van der Waals surface area (Å²) < 4.78 is 24.0. The van der Waals surface area contributed by atoms with E-state index < -0.39 is 10.2 Å². The molecular weight excluding hydrogens is 242 g/mol. The van der Waals surface area contributed by atoms with Crippen molar-refractivity contribution in [3.63, 3.8) is 0 Å². The van der Waals surface area contributed by atoms with Crippen LogP contribution < -0.4 is 15.2 Å².